The number of benzene rings is 1. The Hall–Kier alpha value is -2.67. The van der Waals surface area contributed by atoms with Crippen molar-refractivity contribution in [1.29, 1.82) is 0 Å². The summed E-state index contributed by atoms with van der Waals surface area (Å²) >= 11 is 0. The molecule has 2 amide bonds. The van der Waals surface area contributed by atoms with E-state index in [0.29, 0.717) is 37.3 Å². The molecule has 1 atom stereocenters. The molecule has 1 saturated heterocycles. The lowest BCUT2D eigenvalue weighted by atomic mass is 10.1. The number of fused-ring (bicyclic) bond motifs is 1. The zero-order valence-corrected chi connectivity index (χ0v) is 13.3. The minimum atomic E-state index is -0.735. The van der Waals surface area contributed by atoms with Crippen LogP contribution in [0.1, 0.15) is 17.3 Å². The van der Waals surface area contributed by atoms with Gasteiger partial charge in [-0.05, 0) is 19.1 Å². The predicted octanol–water partition coefficient (Wildman–Crippen LogP) is 0.770. The van der Waals surface area contributed by atoms with Crippen LogP contribution in [0.2, 0.25) is 0 Å². The van der Waals surface area contributed by atoms with Crippen molar-refractivity contribution in [3.63, 3.8) is 0 Å². The molecular formula is C17H18N2O5. The van der Waals surface area contributed by atoms with Crippen LogP contribution < -0.4 is 10.9 Å². The van der Waals surface area contributed by atoms with E-state index in [1.807, 2.05) is 0 Å². The Morgan fingerprint density at radius 3 is 2.67 bits per heavy atom. The van der Waals surface area contributed by atoms with Gasteiger partial charge in [0.25, 0.3) is 5.91 Å². The smallest absolute Gasteiger partial charge is 0.349 e. The number of hydrogen-bond acceptors (Lipinski definition) is 5. The lowest BCUT2D eigenvalue weighted by Crippen LogP contribution is -2.50. The summed E-state index contributed by atoms with van der Waals surface area (Å²) in [5.41, 5.74) is -0.427. The first-order valence-corrected chi connectivity index (χ1v) is 7.76. The van der Waals surface area contributed by atoms with Crippen molar-refractivity contribution in [3.05, 3.63) is 46.3 Å². The summed E-state index contributed by atoms with van der Waals surface area (Å²) in [5, 5.41) is 3.22. The molecule has 2 heterocycles. The molecule has 1 unspecified atom stereocenters. The number of hydrogen-bond donors (Lipinski definition) is 1. The zero-order valence-electron chi connectivity index (χ0n) is 13.3. The van der Waals surface area contributed by atoms with Gasteiger partial charge < -0.3 is 19.4 Å². The van der Waals surface area contributed by atoms with E-state index in [2.05, 4.69) is 5.32 Å². The van der Waals surface area contributed by atoms with Gasteiger partial charge in [0.2, 0.25) is 5.91 Å². The third-order valence-electron chi connectivity index (χ3n) is 3.93. The lowest BCUT2D eigenvalue weighted by molar-refractivity contribution is -0.136. The van der Waals surface area contributed by atoms with Crippen LogP contribution in [0.25, 0.3) is 11.0 Å². The Kier molecular flexibility index (Phi) is 4.61. The van der Waals surface area contributed by atoms with Crippen LogP contribution in [0.15, 0.2) is 39.5 Å². The van der Waals surface area contributed by atoms with E-state index in [4.69, 9.17) is 9.15 Å². The number of rotatable bonds is 3. The second-order valence-electron chi connectivity index (χ2n) is 5.62. The highest BCUT2D eigenvalue weighted by atomic mass is 16.5. The molecule has 1 aliphatic heterocycles. The molecule has 0 bridgehead atoms. The van der Waals surface area contributed by atoms with Gasteiger partial charge in [-0.15, -0.1) is 0 Å². The molecule has 1 aromatic heterocycles. The molecule has 24 heavy (non-hydrogen) atoms. The van der Waals surface area contributed by atoms with E-state index in [-0.39, 0.29) is 11.5 Å². The Morgan fingerprint density at radius 2 is 1.92 bits per heavy atom. The van der Waals surface area contributed by atoms with Crippen molar-refractivity contribution in [2.75, 3.05) is 26.3 Å². The first-order valence-electron chi connectivity index (χ1n) is 7.76. The maximum Gasteiger partial charge on any atom is 0.349 e. The third-order valence-corrected chi connectivity index (χ3v) is 3.93. The molecule has 1 aromatic carbocycles. The standard InChI is InChI=1S/C17H18N2O5/c1-11(16(21)19-6-8-23-9-7-19)18-15(20)13-10-12-4-2-3-5-14(12)24-17(13)22/h2-5,10-11H,6-9H2,1H3,(H,18,20). The number of morpholine rings is 1. The van der Waals surface area contributed by atoms with Crippen LogP contribution in [0.4, 0.5) is 0 Å². The fraction of sp³-hybridized carbons (Fsp3) is 0.353. The number of carbonyl (C=O) groups is 2. The second-order valence-corrected chi connectivity index (χ2v) is 5.62. The second kappa shape index (κ2) is 6.84. The Balaban J connectivity index is 1.75. The lowest BCUT2D eigenvalue weighted by Gasteiger charge is -2.29. The van der Waals surface area contributed by atoms with E-state index in [0.717, 1.165) is 0 Å². The summed E-state index contributed by atoms with van der Waals surface area (Å²) in [6, 6.07) is 7.67. The van der Waals surface area contributed by atoms with Crippen molar-refractivity contribution in [2.45, 2.75) is 13.0 Å². The number of amides is 2. The molecule has 1 fully saturated rings. The summed E-state index contributed by atoms with van der Waals surface area (Å²) in [5.74, 6) is -0.819. The maximum atomic E-state index is 12.3. The SMILES string of the molecule is CC(NC(=O)c1cc2ccccc2oc1=O)C(=O)N1CCOCC1. The number of nitrogens with one attached hydrogen (secondary N) is 1. The number of ether oxygens (including phenoxy) is 1. The zero-order chi connectivity index (χ0) is 17.1. The van der Waals surface area contributed by atoms with E-state index < -0.39 is 17.6 Å². The number of carbonyl (C=O) groups excluding carboxylic acids is 2. The monoisotopic (exact) mass is 330 g/mol. The van der Waals surface area contributed by atoms with Crippen LogP contribution in [-0.2, 0) is 9.53 Å². The van der Waals surface area contributed by atoms with Crippen molar-refractivity contribution in [3.8, 4) is 0 Å². The highest BCUT2D eigenvalue weighted by Gasteiger charge is 2.25. The van der Waals surface area contributed by atoms with E-state index in [9.17, 15) is 14.4 Å². The van der Waals surface area contributed by atoms with Gasteiger partial charge in [-0.1, -0.05) is 18.2 Å². The predicted molar refractivity (Wildman–Crippen MR) is 86.8 cm³/mol. The van der Waals surface area contributed by atoms with Crippen LogP contribution in [0, 0.1) is 0 Å². The van der Waals surface area contributed by atoms with Crippen molar-refractivity contribution in [2.24, 2.45) is 0 Å². The van der Waals surface area contributed by atoms with Crippen molar-refractivity contribution >= 4 is 22.8 Å². The van der Waals surface area contributed by atoms with Gasteiger partial charge in [0.15, 0.2) is 0 Å². The van der Waals surface area contributed by atoms with Crippen LogP contribution in [0.5, 0.6) is 0 Å². The molecule has 1 aliphatic rings. The fourth-order valence-corrected chi connectivity index (χ4v) is 2.61. The molecule has 0 spiro atoms. The first-order chi connectivity index (χ1) is 11.6. The van der Waals surface area contributed by atoms with E-state index >= 15 is 0 Å². The van der Waals surface area contributed by atoms with Gasteiger partial charge in [-0.25, -0.2) is 4.79 Å². The fourth-order valence-electron chi connectivity index (χ4n) is 2.61. The third kappa shape index (κ3) is 3.30. The highest BCUT2D eigenvalue weighted by molar-refractivity contribution is 5.99. The van der Waals surface area contributed by atoms with Gasteiger partial charge in [0.1, 0.15) is 17.2 Å². The normalized spacial score (nSPS) is 16.0. The van der Waals surface area contributed by atoms with E-state index in [1.165, 1.54) is 6.07 Å². The highest BCUT2D eigenvalue weighted by Crippen LogP contribution is 2.12. The molecule has 2 aromatic rings. The number of nitrogens with zero attached hydrogens (tertiary/aromatic N) is 1. The average Bonchev–Trinajstić information content (AvgIpc) is 2.61. The van der Waals surface area contributed by atoms with Gasteiger partial charge >= 0.3 is 5.63 Å². The van der Waals surface area contributed by atoms with Gasteiger partial charge in [0.05, 0.1) is 13.2 Å². The average molecular weight is 330 g/mol. The number of para-hydroxylation sites is 1. The Labute approximate surface area is 138 Å². The summed E-state index contributed by atoms with van der Waals surface area (Å²) < 4.78 is 10.3. The van der Waals surface area contributed by atoms with Crippen LogP contribution >= 0.6 is 0 Å². The molecule has 7 nitrogen and oxygen atoms in total. The minimum absolute atomic E-state index is 0.115. The summed E-state index contributed by atoms with van der Waals surface area (Å²) in [7, 11) is 0. The molecule has 0 aliphatic carbocycles. The van der Waals surface area contributed by atoms with Gasteiger partial charge in [-0.2, -0.15) is 0 Å². The maximum absolute atomic E-state index is 12.3. The largest absolute Gasteiger partial charge is 0.422 e. The summed E-state index contributed by atoms with van der Waals surface area (Å²) in [6.45, 7) is 3.56. The summed E-state index contributed by atoms with van der Waals surface area (Å²) in [6.07, 6.45) is 0. The minimum Gasteiger partial charge on any atom is -0.422 e. The Bertz CT molecular complexity index is 823. The van der Waals surface area contributed by atoms with Crippen LogP contribution in [-0.4, -0.2) is 49.1 Å². The quantitative estimate of drug-likeness (QED) is 0.840. The molecule has 1 N–H and O–H groups in total. The molecule has 126 valence electrons. The van der Waals surface area contributed by atoms with Crippen molar-refractivity contribution < 1.29 is 18.7 Å². The van der Waals surface area contributed by atoms with Gasteiger partial charge in [0, 0.05) is 18.5 Å². The Morgan fingerprint density at radius 1 is 1.21 bits per heavy atom. The van der Waals surface area contributed by atoms with Crippen molar-refractivity contribution in [1.82, 2.24) is 10.2 Å². The van der Waals surface area contributed by atoms with Crippen LogP contribution in [0.3, 0.4) is 0 Å². The summed E-state index contributed by atoms with van der Waals surface area (Å²) in [4.78, 5) is 38.3. The topological polar surface area (TPSA) is 88.8 Å². The molecule has 3 rings (SSSR count). The molecule has 0 radical (unpaired) electrons. The first kappa shape index (κ1) is 16.2. The molecule has 0 saturated carbocycles. The molecule has 7 heteroatoms. The molecular weight excluding hydrogens is 312 g/mol. The van der Waals surface area contributed by atoms with E-state index in [1.54, 1.807) is 36.1 Å². The van der Waals surface area contributed by atoms with Gasteiger partial charge in [-0.3, -0.25) is 9.59 Å².